The molecule has 2 nitrogen and oxygen atoms in total. The maximum absolute atomic E-state index is 13.5. The number of nitrogens with two attached hydrogens (primary N) is 1. The third kappa shape index (κ3) is 1.33. The molecule has 1 aliphatic rings. The van der Waals surface area contributed by atoms with Gasteiger partial charge >= 0.3 is 0 Å². The molecule has 1 aromatic rings. The average Bonchev–Trinajstić information content (AvgIpc) is 2.82. The normalized spacial score (nSPS) is 26.6. The number of alkyl halides is 2. The molecule has 1 unspecified atom stereocenters. The van der Waals surface area contributed by atoms with Crippen LogP contribution in [-0.4, -0.2) is 19.6 Å². The number of aryl methyl sites for hydroxylation is 1. The molecule has 0 radical (unpaired) electrons. The van der Waals surface area contributed by atoms with Crippen LogP contribution in [-0.2, 0) is 5.41 Å². The molecule has 0 amide bonds. The number of rotatable bonds is 3. The van der Waals surface area contributed by atoms with Gasteiger partial charge in [0.05, 0.1) is 12.5 Å². The second-order valence-corrected chi connectivity index (χ2v) is 4.32. The van der Waals surface area contributed by atoms with Crippen molar-refractivity contribution in [2.75, 3.05) is 13.7 Å². The molecule has 0 aliphatic heterocycles. The van der Waals surface area contributed by atoms with Crippen molar-refractivity contribution < 1.29 is 13.5 Å². The van der Waals surface area contributed by atoms with Crippen LogP contribution in [0.5, 0.6) is 5.75 Å². The highest BCUT2D eigenvalue weighted by Gasteiger charge is 2.71. The molecule has 1 saturated carbocycles. The number of para-hydroxylation sites is 1. The van der Waals surface area contributed by atoms with Crippen LogP contribution in [0.15, 0.2) is 18.2 Å². The predicted molar refractivity (Wildman–Crippen MR) is 58.0 cm³/mol. The van der Waals surface area contributed by atoms with Gasteiger partial charge in [0.25, 0.3) is 5.92 Å². The van der Waals surface area contributed by atoms with Crippen molar-refractivity contribution in [3.8, 4) is 5.75 Å². The number of hydrogen-bond acceptors (Lipinski definition) is 2. The van der Waals surface area contributed by atoms with E-state index < -0.39 is 11.3 Å². The first kappa shape index (κ1) is 11.3. The largest absolute Gasteiger partial charge is 0.496 e. The fraction of sp³-hybridized carbons (Fsp3) is 0.500. The lowest BCUT2D eigenvalue weighted by Gasteiger charge is -2.19. The van der Waals surface area contributed by atoms with E-state index in [0.29, 0.717) is 11.3 Å². The highest BCUT2D eigenvalue weighted by atomic mass is 19.3. The van der Waals surface area contributed by atoms with Crippen molar-refractivity contribution in [3.63, 3.8) is 0 Å². The Hall–Kier alpha value is -1.16. The standard InChI is InChI=1S/C12H15F2NO/c1-8-4-3-5-9(10(8)16-2)11(7-15)6-12(11,13)14/h3-5H,6-7,15H2,1-2H3. The summed E-state index contributed by atoms with van der Waals surface area (Å²) in [7, 11) is 1.50. The molecular weight excluding hydrogens is 212 g/mol. The minimum Gasteiger partial charge on any atom is -0.496 e. The van der Waals surface area contributed by atoms with E-state index in [9.17, 15) is 8.78 Å². The number of ether oxygens (including phenoxy) is 1. The van der Waals surface area contributed by atoms with Gasteiger partial charge in [0.15, 0.2) is 0 Å². The van der Waals surface area contributed by atoms with Crippen LogP contribution < -0.4 is 10.5 Å². The fourth-order valence-electron chi connectivity index (χ4n) is 2.26. The zero-order valence-electron chi connectivity index (χ0n) is 9.39. The summed E-state index contributed by atoms with van der Waals surface area (Å²) in [6.45, 7) is 1.78. The minimum atomic E-state index is -2.71. The summed E-state index contributed by atoms with van der Waals surface area (Å²) >= 11 is 0. The Balaban J connectivity index is 2.53. The summed E-state index contributed by atoms with van der Waals surface area (Å²) < 4.78 is 32.1. The van der Waals surface area contributed by atoms with E-state index in [1.807, 2.05) is 13.0 Å². The smallest absolute Gasteiger partial charge is 0.260 e. The Morgan fingerprint density at radius 1 is 1.44 bits per heavy atom. The predicted octanol–water partition coefficient (Wildman–Crippen LogP) is 2.24. The number of methoxy groups -OCH3 is 1. The highest BCUT2D eigenvalue weighted by molar-refractivity contribution is 5.51. The van der Waals surface area contributed by atoms with Gasteiger partial charge < -0.3 is 10.5 Å². The fourth-order valence-corrected chi connectivity index (χ4v) is 2.26. The minimum absolute atomic E-state index is 0.0557. The molecule has 0 heterocycles. The monoisotopic (exact) mass is 227 g/mol. The van der Waals surface area contributed by atoms with Gasteiger partial charge in [0.2, 0.25) is 0 Å². The Morgan fingerprint density at radius 3 is 2.50 bits per heavy atom. The van der Waals surface area contributed by atoms with Crippen LogP contribution in [0.25, 0.3) is 0 Å². The molecule has 88 valence electrons. The summed E-state index contributed by atoms with van der Waals surface area (Å²) in [5.41, 5.74) is 5.68. The van der Waals surface area contributed by atoms with Crippen molar-refractivity contribution in [1.82, 2.24) is 0 Å². The molecule has 0 spiro atoms. The first-order valence-corrected chi connectivity index (χ1v) is 5.20. The summed E-state index contributed by atoms with van der Waals surface area (Å²) in [4.78, 5) is 0. The molecule has 1 aromatic carbocycles. The van der Waals surface area contributed by atoms with Gasteiger partial charge in [-0.25, -0.2) is 8.78 Å². The van der Waals surface area contributed by atoms with Gasteiger partial charge in [0, 0.05) is 18.5 Å². The van der Waals surface area contributed by atoms with Crippen molar-refractivity contribution in [3.05, 3.63) is 29.3 Å². The zero-order valence-corrected chi connectivity index (χ0v) is 9.39. The molecule has 16 heavy (non-hydrogen) atoms. The van der Waals surface area contributed by atoms with E-state index >= 15 is 0 Å². The van der Waals surface area contributed by atoms with Gasteiger partial charge in [0.1, 0.15) is 5.75 Å². The molecule has 1 fully saturated rings. The Labute approximate surface area is 93.4 Å². The average molecular weight is 227 g/mol. The highest BCUT2D eigenvalue weighted by Crippen LogP contribution is 2.62. The molecule has 4 heteroatoms. The summed E-state index contributed by atoms with van der Waals surface area (Å²) in [5.74, 6) is -2.17. The number of hydrogen-bond donors (Lipinski definition) is 1. The van der Waals surface area contributed by atoms with Crippen LogP contribution in [0.3, 0.4) is 0 Å². The van der Waals surface area contributed by atoms with Crippen molar-refractivity contribution in [2.24, 2.45) is 5.73 Å². The summed E-state index contributed by atoms with van der Waals surface area (Å²) in [5, 5.41) is 0. The molecule has 0 aromatic heterocycles. The van der Waals surface area contributed by atoms with Gasteiger partial charge in [-0.15, -0.1) is 0 Å². The second kappa shape index (κ2) is 3.42. The topological polar surface area (TPSA) is 35.2 Å². The lowest BCUT2D eigenvalue weighted by atomic mass is 9.92. The van der Waals surface area contributed by atoms with E-state index in [1.54, 1.807) is 12.1 Å². The maximum atomic E-state index is 13.5. The first-order valence-electron chi connectivity index (χ1n) is 5.20. The molecule has 0 saturated heterocycles. The third-order valence-corrected chi connectivity index (χ3v) is 3.38. The van der Waals surface area contributed by atoms with Crippen LogP contribution in [0.4, 0.5) is 8.78 Å². The summed E-state index contributed by atoms with van der Waals surface area (Å²) in [6, 6.07) is 5.28. The van der Waals surface area contributed by atoms with Crippen molar-refractivity contribution in [1.29, 1.82) is 0 Å². The molecule has 2 rings (SSSR count). The quantitative estimate of drug-likeness (QED) is 0.859. The van der Waals surface area contributed by atoms with E-state index in [-0.39, 0.29) is 13.0 Å². The summed E-state index contributed by atoms with van der Waals surface area (Å²) in [6.07, 6.45) is -0.184. The third-order valence-electron chi connectivity index (χ3n) is 3.38. The Kier molecular flexibility index (Phi) is 2.42. The molecule has 1 aliphatic carbocycles. The molecular formula is C12H15F2NO. The van der Waals surface area contributed by atoms with Crippen molar-refractivity contribution >= 4 is 0 Å². The Bertz CT molecular complexity index is 419. The van der Waals surface area contributed by atoms with Crippen LogP contribution >= 0.6 is 0 Å². The van der Waals surface area contributed by atoms with Crippen LogP contribution in [0.2, 0.25) is 0 Å². The molecule has 0 bridgehead atoms. The van der Waals surface area contributed by atoms with E-state index in [1.165, 1.54) is 7.11 Å². The van der Waals surface area contributed by atoms with E-state index in [4.69, 9.17) is 10.5 Å². The number of benzene rings is 1. The van der Waals surface area contributed by atoms with Crippen molar-refractivity contribution in [2.45, 2.75) is 24.7 Å². The Morgan fingerprint density at radius 2 is 2.06 bits per heavy atom. The maximum Gasteiger partial charge on any atom is 0.260 e. The van der Waals surface area contributed by atoms with Crippen LogP contribution in [0, 0.1) is 6.92 Å². The van der Waals surface area contributed by atoms with Gasteiger partial charge in [-0.2, -0.15) is 0 Å². The van der Waals surface area contributed by atoms with E-state index in [2.05, 4.69) is 0 Å². The lowest BCUT2D eigenvalue weighted by Crippen LogP contribution is -2.27. The van der Waals surface area contributed by atoms with Crippen LogP contribution in [0.1, 0.15) is 17.5 Å². The van der Waals surface area contributed by atoms with E-state index in [0.717, 1.165) is 5.56 Å². The first-order chi connectivity index (χ1) is 7.48. The SMILES string of the molecule is COc1c(C)cccc1C1(CN)CC1(F)F. The van der Waals surface area contributed by atoms with Gasteiger partial charge in [-0.05, 0) is 12.5 Å². The molecule has 2 N–H and O–H groups in total. The number of halogens is 2. The second-order valence-electron chi connectivity index (χ2n) is 4.32. The van der Waals surface area contributed by atoms with Gasteiger partial charge in [-0.1, -0.05) is 18.2 Å². The lowest BCUT2D eigenvalue weighted by molar-refractivity contribution is 0.0889. The molecule has 1 atom stereocenters. The van der Waals surface area contributed by atoms with Gasteiger partial charge in [-0.3, -0.25) is 0 Å². The zero-order chi connectivity index (χ0) is 12.0.